The second-order valence-electron chi connectivity index (χ2n) is 2.75. The zero-order chi connectivity index (χ0) is 7.68. The number of β-lactam (4-membered cyclic amide) rings is 1. The lowest BCUT2D eigenvalue weighted by molar-refractivity contribution is -0.128. The van der Waals surface area contributed by atoms with Gasteiger partial charge in [0.25, 0.3) is 0 Å². The van der Waals surface area contributed by atoms with Crippen LogP contribution in [0.3, 0.4) is 0 Å². The summed E-state index contributed by atoms with van der Waals surface area (Å²) >= 11 is 0. The van der Waals surface area contributed by atoms with Gasteiger partial charge in [-0.05, 0) is 12.1 Å². The Balaban J connectivity index is 1.88. The molecule has 1 N–H and O–H groups in total. The van der Waals surface area contributed by atoms with E-state index in [-0.39, 0.29) is 5.91 Å². The van der Waals surface area contributed by atoms with Crippen molar-refractivity contribution in [3.63, 3.8) is 0 Å². The van der Waals surface area contributed by atoms with Crippen LogP contribution < -0.4 is 5.32 Å². The van der Waals surface area contributed by atoms with Gasteiger partial charge in [0.1, 0.15) is 5.76 Å². The minimum atomic E-state index is 0.140. The van der Waals surface area contributed by atoms with Gasteiger partial charge in [-0.1, -0.05) is 0 Å². The van der Waals surface area contributed by atoms with Crippen LogP contribution in [0.25, 0.3) is 0 Å². The third-order valence-electron chi connectivity index (χ3n) is 1.82. The van der Waals surface area contributed by atoms with Gasteiger partial charge in [0.05, 0.1) is 6.26 Å². The maximum atomic E-state index is 10.5. The summed E-state index contributed by atoms with van der Waals surface area (Å²) < 4.78 is 5.12. The molecular weight excluding hydrogens is 142 g/mol. The normalized spacial score (nSPS) is 22.5. The van der Waals surface area contributed by atoms with Gasteiger partial charge in [0, 0.05) is 18.9 Å². The van der Waals surface area contributed by atoms with E-state index in [9.17, 15) is 4.79 Å². The molecule has 1 fully saturated rings. The molecule has 3 nitrogen and oxygen atoms in total. The van der Waals surface area contributed by atoms with Crippen molar-refractivity contribution in [3.8, 4) is 0 Å². The molecule has 58 valence electrons. The summed E-state index contributed by atoms with van der Waals surface area (Å²) in [5, 5.41) is 2.78. The van der Waals surface area contributed by atoms with Crippen LogP contribution in [0.5, 0.6) is 0 Å². The van der Waals surface area contributed by atoms with E-state index in [0.29, 0.717) is 12.5 Å². The van der Waals surface area contributed by atoms with Gasteiger partial charge in [-0.25, -0.2) is 0 Å². The number of nitrogens with one attached hydrogen (secondary N) is 1. The lowest BCUT2D eigenvalue weighted by atomic mass is 10.0. The molecule has 1 aromatic rings. The van der Waals surface area contributed by atoms with E-state index in [1.54, 1.807) is 6.26 Å². The first-order valence-corrected chi connectivity index (χ1v) is 3.66. The Kier molecular flexibility index (Phi) is 1.42. The zero-order valence-corrected chi connectivity index (χ0v) is 6.04. The zero-order valence-electron chi connectivity index (χ0n) is 6.04. The van der Waals surface area contributed by atoms with Crippen LogP contribution in [-0.4, -0.2) is 11.9 Å². The fourth-order valence-electron chi connectivity index (χ4n) is 1.23. The van der Waals surface area contributed by atoms with Crippen molar-refractivity contribution in [2.24, 2.45) is 0 Å². The van der Waals surface area contributed by atoms with Crippen LogP contribution in [0.2, 0.25) is 0 Å². The highest BCUT2D eigenvalue weighted by Crippen LogP contribution is 2.11. The second kappa shape index (κ2) is 2.42. The van der Waals surface area contributed by atoms with Crippen LogP contribution in [0.1, 0.15) is 12.2 Å². The van der Waals surface area contributed by atoms with Crippen molar-refractivity contribution in [2.45, 2.75) is 18.9 Å². The van der Waals surface area contributed by atoms with Crippen molar-refractivity contribution in [1.29, 1.82) is 0 Å². The molecule has 0 saturated carbocycles. The molecule has 1 amide bonds. The fraction of sp³-hybridized carbons (Fsp3) is 0.375. The van der Waals surface area contributed by atoms with Gasteiger partial charge in [0.2, 0.25) is 5.91 Å². The van der Waals surface area contributed by atoms with E-state index in [2.05, 4.69) is 5.32 Å². The van der Waals surface area contributed by atoms with Gasteiger partial charge >= 0.3 is 0 Å². The summed E-state index contributed by atoms with van der Waals surface area (Å²) in [6.45, 7) is 0. The molecule has 1 aliphatic rings. The van der Waals surface area contributed by atoms with E-state index >= 15 is 0 Å². The summed E-state index contributed by atoms with van der Waals surface area (Å²) in [5.41, 5.74) is 0. The van der Waals surface area contributed by atoms with Crippen LogP contribution in [0.4, 0.5) is 0 Å². The number of hydrogen-bond acceptors (Lipinski definition) is 2. The fourth-order valence-corrected chi connectivity index (χ4v) is 1.23. The van der Waals surface area contributed by atoms with Gasteiger partial charge in [0.15, 0.2) is 0 Å². The van der Waals surface area contributed by atoms with Gasteiger partial charge in [-0.2, -0.15) is 0 Å². The molecule has 3 heteroatoms. The first kappa shape index (κ1) is 6.46. The lowest BCUT2D eigenvalue weighted by Gasteiger charge is -2.25. The van der Waals surface area contributed by atoms with Gasteiger partial charge in [-0.3, -0.25) is 4.79 Å². The standard InChI is InChI=1S/C8H9NO2/c10-8-5-6(9-8)4-7-2-1-3-11-7/h1-3,6H,4-5H2,(H,9,10). The quantitative estimate of drug-likeness (QED) is 0.632. The predicted molar refractivity (Wildman–Crippen MR) is 39.0 cm³/mol. The Hall–Kier alpha value is -1.25. The van der Waals surface area contributed by atoms with Crippen molar-refractivity contribution in [2.75, 3.05) is 0 Å². The summed E-state index contributed by atoms with van der Waals surface area (Å²) in [6, 6.07) is 4.08. The Morgan fingerprint density at radius 1 is 1.73 bits per heavy atom. The Labute approximate surface area is 64.4 Å². The summed E-state index contributed by atoms with van der Waals surface area (Å²) in [5.74, 6) is 1.08. The Morgan fingerprint density at radius 3 is 3.09 bits per heavy atom. The molecule has 1 unspecified atom stereocenters. The van der Waals surface area contributed by atoms with Crippen molar-refractivity contribution < 1.29 is 9.21 Å². The largest absolute Gasteiger partial charge is 0.469 e. The molecular formula is C8H9NO2. The van der Waals surface area contributed by atoms with E-state index in [1.165, 1.54) is 0 Å². The van der Waals surface area contributed by atoms with E-state index in [0.717, 1.165) is 12.2 Å². The van der Waals surface area contributed by atoms with Gasteiger partial charge < -0.3 is 9.73 Å². The van der Waals surface area contributed by atoms with E-state index in [4.69, 9.17) is 4.42 Å². The topological polar surface area (TPSA) is 42.2 Å². The average molecular weight is 151 g/mol. The smallest absolute Gasteiger partial charge is 0.222 e. The number of hydrogen-bond donors (Lipinski definition) is 1. The van der Waals surface area contributed by atoms with E-state index < -0.39 is 0 Å². The SMILES string of the molecule is O=C1CC(Cc2ccco2)N1. The molecule has 1 aliphatic heterocycles. The van der Waals surface area contributed by atoms with Crippen LogP contribution in [0.15, 0.2) is 22.8 Å². The molecule has 1 saturated heterocycles. The van der Waals surface area contributed by atoms with Crippen molar-refractivity contribution in [1.82, 2.24) is 5.32 Å². The minimum Gasteiger partial charge on any atom is -0.469 e. The Bertz CT molecular complexity index is 245. The molecule has 2 rings (SSSR count). The third kappa shape index (κ3) is 1.27. The Morgan fingerprint density at radius 2 is 2.55 bits per heavy atom. The highest BCUT2D eigenvalue weighted by Gasteiger charge is 2.25. The highest BCUT2D eigenvalue weighted by molar-refractivity contribution is 5.82. The number of furan rings is 1. The van der Waals surface area contributed by atoms with E-state index in [1.807, 2.05) is 12.1 Å². The van der Waals surface area contributed by atoms with Crippen LogP contribution in [0, 0.1) is 0 Å². The summed E-state index contributed by atoms with van der Waals surface area (Å²) in [7, 11) is 0. The van der Waals surface area contributed by atoms with Crippen LogP contribution in [-0.2, 0) is 11.2 Å². The molecule has 0 bridgehead atoms. The molecule has 0 spiro atoms. The molecule has 1 atom stereocenters. The van der Waals surface area contributed by atoms with Crippen molar-refractivity contribution in [3.05, 3.63) is 24.2 Å². The van der Waals surface area contributed by atoms with Crippen LogP contribution >= 0.6 is 0 Å². The second-order valence-corrected chi connectivity index (χ2v) is 2.75. The molecule has 11 heavy (non-hydrogen) atoms. The summed E-state index contributed by atoms with van der Waals surface area (Å²) in [6.07, 6.45) is 3.11. The predicted octanol–water partition coefficient (Wildman–Crippen LogP) is 0.711. The first-order valence-electron chi connectivity index (χ1n) is 3.66. The van der Waals surface area contributed by atoms with Crippen molar-refractivity contribution >= 4 is 5.91 Å². The molecule has 0 aromatic carbocycles. The average Bonchev–Trinajstić information content (AvgIpc) is 2.36. The number of carbonyl (C=O) groups is 1. The monoisotopic (exact) mass is 151 g/mol. The number of carbonyl (C=O) groups excluding carboxylic acids is 1. The van der Waals surface area contributed by atoms with Gasteiger partial charge in [-0.15, -0.1) is 0 Å². The number of amides is 1. The summed E-state index contributed by atoms with van der Waals surface area (Å²) in [4.78, 5) is 10.5. The highest BCUT2D eigenvalue weighted by atomic mass is 16.3. The third-order valence-corrected chi connectivity index (χ3v) is 1.82. The number of rotatable bonds is 2. The lowest BCUT2D eigenvalue weighted by Crippen LogP contribution is -2.49. The molecule has 1 aromatic heterocycles. The maximum Gasteiger partial charge on any atom is 0.222 e. The minimum absolute atomic E-state index is 0.140. The molecule has 0 radical (unpaired) electrons. The maximum absolute atomic E-state index is 10.5. The molecule has 0 aliphatic carbocycles. The first-order chi connectivity index (χ1) is 5.34. The molecule has 2 heterocycles.